The van der Waals surface area contributed by atoms with Gasteiger partial charge in [0.15, 0.2) is 12.6 Å². The average Bonchev–Trinajstić information content (AvgIpc) is 3.29. The van der Waals surface area contributed by atoms with Crippen molar-refractivity contribution in [2.75, 3.05) is 65.9 Å². The van der Waals surface area contributed by atoms with Crippen molar-refractivity contribution in [1.29, 1.82) is 0 Å². The summed E-state index contributed by atoms with van der Waals surface area (Å²) >= 11 is 0. The van der Waals surface area contributed by atoms with Crippen LogP contribution in [-0.4, -0.2) is 100 Å². The van der Waals surface area contributed by atoms with Crippen molar-refractivity contribution in [3.05, 3.63) is 0 Å². The van der Waals surface area contributed by atoms with Gasteiger partial charge in [-0.05, 0) is 118 Å². The number of aliphatic hydroxyl groups excluding tert-OH is 1. The molecule has 71 heavy (non-hydrogen) atoms. The quantitative estimate of drug-likeness (QED) is 0.0359. The molecule has 4 atom stereocenters. The van der Waals surface area contributed by atoms with Crippen molar-refractivity contribution in [3.63, 3.8) is 0 Å². The molecule has 0 aliphatic carbocycles. The summed E-state index contributed by atoms with van der Waals surface area (Å²) in [5, 5.41) is 9.54. The highest BCUT2D eigenvalue weighted by atomic mass is 16.7. The third kappa shape index (κ3) is 49.3. The van der Waals surface area contributed by atoms with Crippen LogP contribution in [0.2, 0.25) is 0 Å². The van der Waals surface area contributed by atoms with Crippen LogP contribution in [0.1, 0.15) is 256 Å². The minimum Gasteiger partial charge on any atom is -0.465 e. The summed E-state index contributed by atoms with van der Waals surface area (Å²) in [5.41, 5.74) is 0. The van der Waals surface area contributed by atoms with Gasteiger partial charge in [0.05, 0.1) is 13.2 Å². The van der Waals surface area contributed by atoms with E-state index in [2.05, 4.69) is 88.0 Å². The highest BCUT2D eigenvalue weighted by Gasteiger charge is 2.17. The second-order valence-electron chi connectivity index (χ2n) is 23.8. The van der Waals surface area contributed by atoms with Crippen molar-refractivity contribution in [2.24, 2.45) is 47.3 Å². The van der Waals surface area contributed by atoms with Gasteiger partial charge in [-0.15, -0.1) is 0 Å². The van der Waals surface area contributed by atoms with Gasteiger partial charge in [0.1, 0.15) is 0 Å². The molecule has 0 saturated heterocycles. The van der Waals surface area contributed by atoms with Gasteiger partial charge < -0.3 is 38.4 Å². The lowest BCUT2D eigenvalue weighted by molar-refractivity contribution is -0.164. The number of aliphatic hydroxyl groups is 1. The third-order valence-electron chi connectivity index (χ3n) is 14.1. The Morgan fingerprint density at radius 3 is 0.915 bits per heavy atom. The third-order valence-corrected chi connectivity index (χ3v) is 14.1. The SMILES string of the molecule is CC(C)CCCC(C)CCOC(CCOC(=O)CCCCCN(CCCO)CCCCCC(=O)OCCC(OCCC(C)CCCC(C)C)OCCC(C)CCCC(C)C)OCCC(C)CCCC(C)C. The predicted molar refractivity (Wildman–Crippen MR) is 297 cm³/mol. The summed E-state index contributed by atoms with van der Waals surface area (Å²) < 4.78 is 36.3. The highest BCUT2D eigenvalue weighted by molar-refractivity contribution is 5.69. The summed E-state index contributed by atoms with van der Waals surface area (Å²) in [6.07, 6.45) is 26.6. The molecule has 0 saturated carbocycles. The van der Waals surface area contributed by atoms with Crippen LogP contribution in [0.4, 0.5) is 0 Å². The maximum atomic E-state index is 12.7. The van der Waals surface area contributed by atoms with Gasteiger partial charge in [-0.3, -0.25) is 9.59 Å². The average molecular weight is 1010 g/mol. The van der Waals surface area contributed by atoms with E-state index in [0.29, 0.717) is 89.0 Å². The maximum absolute atomic E-state index is 12.7. The number of esters is 2. The fraction of sp³-hybridized carbons (Fsp3) is 0.967. The molecule has 0 aromatic rings. The highest BCUT2D eigenvalue weighted by Crippen LogP contribution is 2.21. The van der Waals surface area contributed by atoms with Crippen molar-refractivity contribution in [1.82, 2.24) is 4.90 Å². The van der Waals surface area contributed by atoms with Crippen molar-refractivity contribution < 1.29 is 43.1 Å². The van der Waals surface area contributed by atoms with Crippen molar-refractivity contribution in [2.45, 2.75) is 269 Å². The molecule has 0 aromatic carbocycles. The molecule has 0 bridgehead atoms. The number of carbonyl (C=O) groups excluding carboxylic acids is 2. The number of ether oxygens (including phenoxy) is 6. The molecular weight excluding hydrogens is 891 g/mol. The van der Waals surface area contributed by atoms with Gasteiger partial charge in [0.25, 0.3) is 0 Å². The molecule has 0 aromatic heterocycles. The summed E-state index contributed by atoms with van der Waals surface area (Å²) in [6, 6.07) is 0. The molecule has 0 rings (SSSR count). The summed E-state index contributed by atoms with van der Waals surface area (Å²) in [7, 11) is 0. The van der Waals surface area contributed by atoms with Crippen LogP contribution in [0.3, 0.4) is 0 Å². The first-order valence-electron chi connectivity index (χ1n) is 30.1. The fourth-order valence-corrected chi connectivity index (χ4v) is 8.98. The van der Waals surface area contributed by atoms with Crippen LogP contribution in [0.5, 0.6) is 0 Å². The van der Waals surface area contributed by atoms with Crippen LogP contribution >= 0.6 is 0 Å². The lowest BCUT2D eigenvalue weighted by Crippen LogP contribution is -2.28. The molecule has 10 nitrogen and oxygen atoms in total. The van der Waals surface area contributed by atoms with Gasteiger partial charge in [0.2, 0.25) is 0 Å². The van der Waals surface area contributed by atoms with E-state index in [1.165, 1.54) is 77.0 Å². The molecule has 1 N–H and O–H groups in total. The number of hydrogen-bond acceptors (Lipinski definition) is 10. The van der Waals surface area contributed by atoms with Crippen molar-refractivity contribution >= 4 is 11.9 Å². The maximum Gasteiger partial charge on any atom is 0.305 e. The van der Waals surface area contributed by atoms with Crippen molar-refractivity contribution in [3.8, 4) is 0 Å². The lowest BCUT2D eigenvalue weighted by Gasteiger charge is -2.22. The summed E-state index contributed by atoms with van der Waals surface area (Å²) in [6.45, 7) is 33.7. The van der Waals surface area contributed by atoms with Crippen LogP contribution in [0.25, 0.3) is 0 Å². The van der Waals surface area contributed by atoms with E-state index in [1.807, 2.05) is 0 Å². The first-order chi connectivity index (χ1) is 34.0. The van der Waals surface area contributed by atoms with Gasteiger partial charge in [-0.1, -0.05) is 173 Å². The van der Waals surface area contributed by atoms with Gasteiger partial charge in [0, 0.05) is 65.3 Å². The second kappa shape index (κ2) is 48.3. The van der Waals surface area contributed by atoms with Gasteiger partial charge in [-0.2, -0.15) is 0 Å². The van der Waals surface area contributed by atoms with E-state index < -0.39 is 0 Å². The zero-order valence-corrected chi connectivity index (χ0v) is 49.1. The smallest absolute Gasteiger partial charge is 0.305 e. The molecule has 0 aliphatic heterocycles. The summed E-state index contributed by atoms with van der Waals surface area (Å²) in [5.74, 6) is 5.17. The Morgan fingerprint density at radius 1 is 0.338 bits per heavy atom. The first kappa shape index (κ1) is 69.7. The Balaban J connectivity index is 4.64. The molecule has 0 spiro atoms. The molecule has 0 fully saturated rings. The Morgan fingerprint density at radius 2 is 0.634 bits per heavy atom. The topological polar surface area (TPSA) is 113 Å². The Labute approximate surface area is 440 Å². The normalized spacial score (nSPS) is 14.7. The van der Waals surface area contributed by atoms with Crippen LogP contribution in [0.15, 0.2) is 0 Å². The zero-order chi connectivity index (χ0) is 52.9. The molecule has 0 amide bonds. The predicted octanol–water partition coefficient (Wildman–Crippen LogP) is 15.8. The molecule has 0 heterocycles. The minimum absolute atomic E-state index is 0.153. The molecule has 0 aliphatic rings. The fourth-order valence-electron chi connectivity index (χ4n) is 8.98. The number of hydrogen-bond donors (Lipinski definition) is 1. The standard InChI is InChI=1S/C61H121NO9/c1-50(2)24-19-28-54(9)34-44-68-60(69-45-35-55(10)29-20-25-51(3)4)38-48-66-58(64)32-15-13-17-40-62(42-23-43-63)41-18-14-16-33-59(65)67-49-39-61(70-46-36-56(11)30-21-26-52(5)6)71-47-37-57(12)31-22-27-53(7)8/h50-57,60-61,63H,13-49H2,1-12H3. The van der Waals surface area contributed by atoms with E-state index in [-0.39, 0.29) is 31.1 Å². The minimum atomic E-state index is -0.350. The molecular formula is C61H121NO9. The molecule has 4 unspecified atom stereocenters. The second-order valence-corrected chi connectivity index (χ2v) is 23.8. The summed E-state index contributed by atoms with van der Waals surface area (Å²) in [4.78, 5) is 27.8. The van der Waals surface area contributed by atoms with E-state index >= 15 is 0 Å². The van der Waals surface area contributed by atoms with E-state index in [0.717, 1.165) is 114 Å². The Hall–Kier alpha value is -1.30. The first-order valence-corrected chi connectivity index (χ1v) is 30.1. The number of rotatable bonds is 53. The van der Waals surface area contributed by atoms with E-state index in [9.17, 15) is 14.7 Å². The largest absolute Gasteiger partial charge is 0.465 e. The monoisotopic (exact) mass is 1010 g/mol. The van der Waals surface area contributed by atoms with Gasteiger partial charge in [-0.25, -0.2) is 0 Å². The Kier molecular flexibility index (Phi) is 47.5. The van der Waals surface area contributed by atoms with Gasteiger partial charge >= 0.3 is 11.9 Å². The Bertz CT molecular complexity index is 1030. The zero-order valence-electron chi connectivity index (χ0n) is 49.1. The lowest BCUT2D eigenvalue weighted by atomic mass is 9.97. The van der Waals surface area contributed by atoms with E-state index in [4.69, 9.17) is 28.4 Å². The molecule has 0 radical (unpaired) electrons. The van der Waals surface area contributed by atoms with Crippen LogP contribution in [-0.2, 0) is 38.0 Å². The number of carbonyl (C=O) groups is 2. The molecule has 424 valence electrons. The van der Waals surface area contributed by atoms with E-state index in [1.54, 1.807) is 0 Å². The van der Waals surface area contributed by atoms with Crippen LogP contribution in [0, 0.1) is 47.3 Å². The number of unbranched alkanes of at least 4 members (excludes halogenated alkanes) is 4. The number of nitrogens with zero attached hydrogens (tertiary/aromatic N) is 1. The van der Waals surface area contributed by atoms with Crippen LogP contribution < -0.4 is 0 Å². The molecule has 10 heteroatoms.